The molecule has 0 fully saturated rings. The summed E-state index contributed by atoms with van der Waals surface area (Å²) in [5.41, 5.74) is 2.03. The summed E-state index contributed by atoms with van der Waals surface area (Å²) in [6, 6.07) is 13.6. The molecule has 0 unspecified atom stereocenters. The maximum absolute atomic E-state index is 14.3. The van der Waals surface area contributed by atoms with Crippen LogP contribution >= 0.6 is 0 Å². The van der Waals surface area contributed by atoms with Crippen LogP contribution < -0.4 is 5.56 Å². The molecule has 2 aromatic carbocycles. The quantitative estimate of drug-likeness (QED) is 0.560. The van der Waals surface area contributed by atoms with E-state index in [0.29, 0.717) is 11.3 Å². The lowest BCUT2D eigenvalue weighted by molar-refractivity contribution is 0.624. The van der Waals surface area contributed by atoms with Crippen molar-refractivity contribution in [3.8, 4) is 5.69 Å². The Morgan fingerprint density at radius 3 is 2.52 bits per heavy atom. The van der Waals surface area contributed by atoms with Crippen LogP contribution in [-0.4, -0.2) is 19.5 Å². The predicted octanol–water partition coefficient (Wildman–Crippen LogP) is 3.68. The SMILES string of the molecule is C=C(c1ccccc1F)c1nc2nccnc2c(=O)n1-c1ccccc1C. The van der Waals surface area contributed by atoms with E-state index in [1.54, 1.807) is 24.3 Å². The molecule has 0 radical (unpaired) electrons. The van der Waals surface area contributed by atoms with Crippen molar-refractivity contribution in [1.82, 2.24) is 19.5 Å². The van der Waals surface area contributed by atoms with Gasteiger partial charge in [-0.25, -0.2) is 19.3 Å². The molecular formula is C21H15FN4O. The molecule has 4 rings (SSSR count). The van der Waals surface area contributed by atoms with Crippen LogP contribution in [0.2, 0.25) is 0 Å². The summed E-state index contributed by atoms with van der Waals surface area (Å²) in [5.74, 6) is -0.209. The number of aromatic nitrogens is 4. The largest absolute Gasteiger partial charge is 0.286 e. The van der Waals surface area contributed by atoms with Crippen molar-refractivity contribution in [2.75, 3.05) is 0 Å². The van der Waals surface area contributed by atoms with Gasteiger partial charge in [-0.15, -0.1) is 0 Å². The molecule has 0 aliphatic heterocycles. The predicted molar refractivity (Wildman–Crippen MR) is 102 cm³/mol. The van der Waals surface area contributed by atoms with Crippen molar-refractivity contribution in [1.29, 1.82) is 0 Å². The summed E-state index contributed by atoms with van der Waals surface area (Å²) >= 11 is 0. The zero-order valence-corrected chi connectivity index (χ0v) is 14.6. The van der Waals surface area contributed by atoms with Gasteiger partial charge in [-0.05, 0) is 24.6 Å². The first-order chi connectivity index (χ1) is 13.1. The number of hydrogen-bond acceptors (Lipinski definition) is 4. The Kier molecular flexibility index (Phi) is 4.08. The average Bonchev–Trinajstić information content (AvgIpc) is 2.69. The minimum absolute atomic E-state index is 0.144. The lowest BCUT2D eigenvalue weighted by Gasteiger charge is -2.16. The van der Waals surface area contributed by atoms with Crippen LogP contribution in [0.5, 0.6) is 0 Å². The second-order valence-corrected chi connectivity index (χ2v) is 6.05. The highest BCUT2D eigenvalue weighted by molar-refractivity contribution is 5.79. The Balaban J connectivity index is 2.09. The molecular weight excluding hydrogens is 343 g/mol. The van der Waals surface area contributed by atoms with E-state index in [0.717, 1.165) is 5.56 Å². The van der Waals surface area contributed by atoms with E-state index in [1.807, 2.05) is 25.1 Å². The van der Waals surface area contributed by atoms with Gasteiger partial charge in [0.1, 0.15) is 11.6 Å². The monoisotopic (exact) mass is 358 g/mol. The Morgan fingerprint density at radius 1 is 1.04 bits per heavy atom. The first-order valence-corrected chi connectivity index (χ1v) is 8.32. The van der Waals surface area contributed by atoms with E-state index in [-0.39, 0.29) is 28.1 Å². The van der Waals surface area contributed by atoms with E-state index in [1.165, 1.54) is 23.0 Å². The number of benzene rings is 2. The van der Waals surface area contributed by atoms with Gasteiger partial charge in [0.25, 0.3) is 5.56 Å². The van der Waals surface area contributed by atoms with Gasteiger partial charge in [0.15, 0.2) is 11.2 Å². The molecule has 0 bridgehead atoms. The Hall–Kier alpha value is -3.67. The van der Waals surface area contributed by atoms with Crippen LogP contribution in [-0.2, 0) is 0 Å². The number of rotatable bonds is 3. The molecule has 6 heteroatoms. The number of nitrogens with zero attached hydrogens (tertiary/aromatic N) is 4. The van der Waals surface area contributed by atoms with Gasteiger partial charge in [0, 0.05) is 23.5 Å². The lowest BCUT2D eigenvalue weighted by Crippen LogP contribution is -2.25. The van der Waals surface area contributed by atoms with Gasteiger partial charge in [-0.2, -0.15) is 0 Å². The fourth-order valence-corrected chi connectivity index (χ4v) is 2.98. The molecule has 132 valence electrons. The smallest absolute Gasteiger partial charge is 0.266 e. The number of hydrogen-bond donors (Lipinski definition) is 0. The van der Waals surface area contributed by atoms with E-state index >= 15 is 0 Å². The molecule has 27 heavy (non-hydrogen) atoms. The highest BCUT2D eigenvalue weighted by atomic mass is 19.1. The third-order valence-electron chi connectivity index (χ3n) is 4.33. The molecule has 0 aliphatic rings. The fourth-order valence-electron chi connectivity index (χ4n) is 2.98. The first-order valence-electron chi connectivity index (χ1n) is 8.32. The highest BCUT2D eigenvalue weighted by Gasteiger charge is 2.19. The third-order valence-corrected chi connectivity index (χ3v) is 4.33. The van der Waals surface area contributed by atoms with Gasteiger partial charge < -0.3 is 0 Å². The Bertz CT molecular complexity index is 1250. The van der Waals surface area contributed by atoms with Crippen LogP contribution in [0.1, 0.15) is 17.0 Å². The maximum Gasteiger partial charge on any atom is 0.286 e. The summed E-state index contributed by atoms with van der Waals surface area (Å²) in [6.45, 7) is 5.90. The van der Waals surface area contributed by atoms with Gasteiger partial charge in [-0.3, -0.25) is 9.36 Å². The number of halogens is 1. The fraction of sp³-hybridized carbons (Fsp3) is 0.0476. The van der Waals surface area contributed by atoms with Crippen LogP contribution in [0.25, 0.3) is 22.4 Å². The molecule has 0 spiro atoms. The molecule has 4 aromatic rings. The molecule has 2 heterocycles. The van der Waals surface area contributed by atoms with E-state index in [4.69, 9.17) is 0 Å². The second kappa shape index (κ2) is 6.57. The van der Waals surface area contributed by atoms with E-state index in [2.05, 4.69) is 21.5 Å². The second-order valence-electron chi connectivity index (χ2n) is 6.05. The molecule has 2 aromatic heterocycles. The summed E-state index contributed by atoms with van der Waals surface area (Å²) in [6.07, 6.45) is 2.90. The topological polar surface area (TPSA) is 60.7 Å². The molecule has 0 N–H and O–H groups in total. The molecule has 0 amide bonds. The van der Waals surface area contributed by atoms with E-state index < -0.39 is 5.82 Å². The van der Waals surface area contributed by atoms with E-state index in [9.17, 15) is 9.18 Å². The zero-order chi connectivity index (χ0) is 19.0. The van der Waals surface area contributed by atoms with Gasteiger partial charge in [-0.1, -0.05) is 43.0 Å². The first kappa shape index (κ1) is 16.8. The van der Waals surface area contributed by atoms with Gasteiger partial charge in [0.05, 0.1) is 5.69 Å². The maximum atomic E-state index is 14.3. The zero-order valence-electron chi connectivity index (χ0n) is 14.6. The molecule has 0 atom stereocenters. The van der Waals surface area contributed by atoms with Crippen molar-refractivity contribution in [2.24, 2.45) is 0 Å². The molecule has 0 saturated carbocycles. The standard InChI is InChI=1S/C21H15FN4O/c1-13-7-3-6-10-17(13)26-20(14(2)15-8-4-5-9-16(15)22)25-19-18(21(26)27)23-11-12-24-19/h3-12H,2H2,1H3. The van der Waals surface area contributed by atoms with Gasteiger partial charge in [0.2, 0.25) is 0 Å². The molecule has 5 nitrogen and oxygen atoms in total. The summed E-state index contributed by atoms with van der Waals surface area (Å²) in [5, 5.41) is 0. The minimum Gasteiger partial charge on any atom is -0.266 e. The number of fused-ring (bicyclic) bond motifs is 1. The van der Waals surface area contributed by atoms with Crippen molar-refractivity contribution < 1.29 is 4.39 Å². The summed E-state index contributed by atoms with van der Waals surface area (Å²) in [4.78, 5) is 26.0. The highest BCUT2D eigenvalue weighted by Crippen LogP contribution is 2.25. The van der Waals surface area contributed by atoms with Crippen LogP contribution in [0.15, 0.2) is 72.3 Å². The van der Waals surface area contributed by atoms with Crippen molar-refractivity contribution >= 4 is 16.7 Å². The van der Waals surface area contributed by atoms with Crippen LogP contribution in [0, 0.1) is 12.7 Å². The normalized spacial score (nSPS) is 10.9. The van der Waals surface area contributed by atoms with Gasteiger partial charge >= 0.3 is 0 Å². The number of para-hydroxylation sites is 1. The molecule has 0 saturated heterocycles. The lowest BCUT2D eigenvalue weighted by atomic mass is 10.1. The summed E-state index contributed by atoms with van der Waals surface area (Å²) < 4.78 is 15.8. The third kappa shape index (κ3) is 2.81. The minimum atomic E-state index is -0.438. The number of aryl methyl sites for hydroxylation is 1. The molecule has 0 aliphatic carbocycles. The van der Waals surface area contributed by atoms with Crippen molar-refractivity contribution in [3.63, 3.8) is 0 Å². The van der Waals surface area contributed by atoms with Crippen LogP contribution in [0.3, 0.4) is 0 Å². The van der Waals surface area contributed by atoms with Crippen molar-refractivity contribution in [3.05, 3.63) is 101 Å². The Labute approximate surface area is 154 Å². The Morgan fingerprint density at radius 2 is 1.74 bits per heavy atom. The summed E-state index contributed by atoms with van der Waals surface area (Å²) in [7, 11) is 0. The van der Waals surface area contributed by atoms with Crippen LogP contribution in [0.4, 0.5) is 4.39 Å². The average molecular weight is 358 g/mol. The van der Waals surface area contributed by atoms with Crippen molar-refractivity contribution in [2.45, 2.75) is 6.92 Å².